The maximum Gasteiger partial charge on any atom is 0.510 e. The van der Waals surface area contributed by atoms with Crippen LogP contribution in [0, 0.1) is 0 Å². The van der Waals surface area contributed by atoms with E-state index in [-0.39, 0.29) is 6.92 Å². The first-order chi connectivity index (χ1) is 4.67. The molecule has 0 unspecified atom stereocenters. The Kier molecular flexibility index (Phi) is 2.32. The Hall–Kier alpha value is -1.01. The molecule has 1 N–H and O–H groups in total. The third-order valence-electron chi connectivity index (χ3n) is 0.727. The number of rotatable bonds is 2. The van der Waals surface area contributed by atoms with Gasteiger partial charge in [0.05, 0.1) is 0 Å². The van der Waals surface area contributed by atoms with Gasteiger partial charge in [0.1, 0.15) is 0 Å². The third kappa shape index (κ3) is 2.60. The standard InChI is InChI=1S/C4H4F4O3/c1-3(5,6)4(7,8)11-2(9)10/h1H3,(H,9,10). The van der Waals surface area contributed by atoms with Crippen LogP contribution in [0.2, 0.25) is 0 Å². The van der Waals surface area contributed by atoms with Crippen LogP contribution < -0.4 is 0 Å². The van der Waals surface area contributed by atoms with Crippen LogP contribution in [0.15, 0.2) is 0 Å². The Labute approximate surface area is 58.6 Å². The summed E-state index contributed by atoms with van der Waals surface area (Å²) in [6.45, 7) is -0.143. The Bertz CT molecular complexity index is 161. The zero-order chi connectivity index (χ0) is 9.28. The molecular formula is C4H4F4O3. The topological polar surface area (TPSA) is 46.5 Å². The number of halogens is 4. The van der Waals surface area contributed by atoms with Crippen molar-refractivity contribution in [3.05, 3.63) is 0 Å². The molecule has 0 aromatic carbocycles. The van der Waals surface area contributed by atoms with Gasteiger partial charge in [-0.3, -0.25) is 0 Å². The van der Waals surface area contributed by atoms with Crippen molar-refractivity contribution in [1.82, 2.24) is 0 Å². The summed E-state index contributed by atoms with van der Waals surface area (Å²) in [4.78, 5) is 9.43. The van der Waals surface area contributed by atoms with Crippen LogP contribution in [-0.4, -0.2) is 23.3 Å². The SMILES string of the molecule is CC(F)(F)C(F)(F)OC(=O)O. The normalized spacial score (nSPS) is 12.8. The van der Waals surface area contributed by atoms with Gasteiger partial charge in [-0.15, -0.1) is 0 Å². The Morgan fingerprint density at radius 2 is 1.73 bits per heavy atom. The van der Waals surface area contributed by atoms with Gasteiger partial charge in [-0.05, 0) is 0 Å². The van der Waals surface area contributed by atoms with Crippen molar-refractivity contribution < 1.29 is 32.2 Å². The second-order valence-electron chi connectivity index (χ2n) is 1.77. The zero-order valence-electron chi connectivity index (χ0n) is 5.28. The summed E-state index contributed by atoms with van der Waals surface area (Å²) in [7, 11) is 0. The van der Waals surface area contributed by atoms with E-state index in [1.54, 1.807) is 0 Å². The van der Waals surface area contributed by atoms with E-state index in [4.69, 9.17) is 5.11 Å². The quantitative estimate of drug-likeness (QED) is 0.516. The van der Waals surface area contributed by atoms with Gasteiger partial charge in [0.25, 0.3) is 0 Å². The highest BCUT2D eigenvalue weighted by Crippen LogP contribution is 2.34. The highest BCUT2D eigenvalue weighted by Gasteiger charge is 2.56. The van der Waals surface area contributed by atoms with E-state index in [0.717, 1.165) is 0 Å². The molecule has 0 aromatic rings. The minimum Gasteiger partial charge on any atom is -0.450 e. The average Bonchev–Trinajstić information content (AvgIpc) is 1.56. The van der Waals surface area contributed by atoms with E-state index in [9.17, 15) is 22.4 Å². The Morgan fingerprint density at radius 3 is 1.82 bits per heavy atom. The van der Waals surface area contributed by atoms with Gasteiger partial charge in [0.2, 0.25) is 0 Å². The highest BCUT2D eigenvalue weighted by atomic mass is 19.3. The van der Waals surface area contributed by atoms with Crippen LogP contribution in [0.3, 0.4) is 0 Å². The fraction of sp³-hybridized carbons (Fsp3) is 0.750. The number of ether oxygens (including phenoxy) is 1. The molecule has 11 heavy (non-hydrogen) atoms. The first kappa shape index (κ1) is 9.99. The summed E-state index contributed by atoms with van der Waals surface area (Å²) in [5.41, 5.74) is 0. The van der Waals surface area contributed by atoms with Gasteiger partial charge in [-0.1, -0.05) is 0 Å². The molecular weight excluding hydrogens is 172 g/mol. The molecule has 66 valence electrons. The molecule has 0 aliphatic rings. The first-order valence-corrected chi connectivity index (χ1v) is 2.34. The predicted octanol–water partition coefficient (Wildman–Crippen LogP) is 1.93. The van der Waals surface area contributed by atoms with E-state index in [0.29, 0.717) is 0 Å². The summed E-state index contributed by atoms with van der Waals surface area (Å²) < 4.78 is 49.7. The zero-order valence-corrected chi connectivity index (χ0v) is 5.28. The molecule has 0 rings (SSSR count). The Balaban J connectivity index is 4.34. The summed E-state index contributed by atoms with van der Waals surface area (Å²) in [6, 6.07) is 0. The summed E-state index contributed by atoms with van der Waals surface area (Å²) in [5, 5.41) is 7.58. The fourth-order valence-electron chi connectivity index (χ4n) is 0.199. The van der Waals surface area contributed by atoms with Crippen molar-refractivity contribution in [3.63, 3.8) is 0 Å². The third-order valence-corrected chi connectivity index (χ3v) is 0.727. The molecule has 0 atom stereocenters. The van der Waals surface area contributed by atoms with Gasteiger partial charge >= 0.3 is 18.2 Å². The monoisotopic (exact) mass is 176 g/mol. The van der Waals surface area contributed by atoms with E-state index in [1.165, 1.54) is 0 Å². The van der Waals surface area contributed by atoms with Crippen LogP contribution in [-0.2, 0) is 4.74 Å². The van der Waals surface area contributed by atoms with Crippen LogP contribution in [0.1, 0.15) is 6.92 Å². The number of hydrogen-bond acceptors (Lipinski definition) is 2. The van der Waals surface area contributed by atoms with E-state index < -0.39 is 18.2 Å². The van der Waals surface area contributed by atoms with Crippen molar-refractivity contribution >= 4 is 6.16 Å². The van der Waals surface area contributed by atoms with Crippen LogP contribution >= 0.6 is 0 Å². The molecule has 0 radical (unpaired) electrons. The van der Waals surface area contributed by atoms with Crippen molar-refractivity contribution in [2.24, 2.45) is 0 Å². The van der Waals surface area contributed by atoms with Crippen LogP contribution in [0.25, 0.3) is 0 Å². The lowest BCUT2D eigenvalue weighted by atomic mass is 10.4. The fourth-order valence-corrected chi connectivity index (χ4v) is 0.199. The molecule has 0 bridgehead atoms. The number of carbonyl (C=O) groups is 1. The van der Waals surface area contributed by atoms with Crippen molar-refractivity contribution in [1.29, 1.82) is 0 Å². The van der Waals surface area contributed by atoms with Gasteiger partial charge in [0, 0.05) is 6.92 Å². The lowest BCUT2D eigenvalue weighted by Gasteiger charge is -2.20. The lowest BCUT2D eigenvalue weighted by Crippen LogP contribution is -2.41. The molecule has 0 aliphatic carbocycles. The molecule has 0 saturated carbocycles. The van der Waals surface area contributed by atoms with Crippen molar-refractivity contribution in [3.8, 4) is 0 Å². The minimum absolute atomic E-state index is 0.143. The molecule has 0 aromatic heterocycles. The van der Waals surface area contributed by atoms with Gasteiger partial charge in [-0.2, -0.15) is 17.6 Å². The molecule has 0 fully saturated rings. The maximum absolute atomic E-state index is 11.8. The summed E-state index contributed by atoms with van der Waals surface area (Å²) >= 11 is 0. The average molecular weight is 176 g/mol. The van der Waals surface area contributed by atoms with Gasteiger partial charge in [0.15, 0.2) is 0 Å². The van der Waals surface area contributed by atoms with E-state index in [1.807, 2.05) is 0 Å². The van der Waals surface area contributed by atoms with E-state index in [2.05, 4.69) is 4.74 Å². The van der Waals surface area contributed by atoms with Crippen LogP contribution in [0.4, 0.5) is 22.4 Å². The predicted molar refractivity (Wildman–Crippen MR) is 24.7 cm³/mol. The molecule has 0 amide bonds. The van der Waals surface area contributed by atoms with Gasteiger partial charge in [-0.25, -0.2) is 4.79 Å². The van der Waals surface area contributed by atoms with Gasteiger partial charge < -0.3 is 9.84 Å². The number of carboxylic acid groups (broad SMARTS) is 1. The smallest absolute Gasteiger partial charge is 0.450 e. The van der Waals surface area contributed by atoms with Crippen LogP contribution in [0.5, 0.6) is 0 Å². The van der Waals surface area contributed by atoms with E-state index >= 15 is 0 Å². The second kappa shape index (κ2) is 2.55. The molecule has 3 nitrogen and oxygen atoms in total. The number of alkyl halides is 4. The molecule has 0 spiro atoms. The second-order valence-corrected chi connectivity index (χ2v) is 1.77. The maximum atomic E-state index is 11.8. The molecule has 0 heterocycles. The minimum atomic E-state index is -4.97. The highest BCUT2D eigenvalue weighted by molar-refractivity contribution is 5.57. The van der Waals surface area contributed by atoms with Crippen molar-refractivity contribution in [2.45, 2.75) is 19.0 Å². The Morgan fingerprint density at radius 1 is 1.36 bits per heavy atom. The largest absolute Gasteiger partial charge is 0.510 e. The molecule has 0 saturated heterocycles. The van der Waals surface area contributed by atoms with Crippen molar-refractivity contribution in [2.75, 3.05) is 0 Å². The number of hydrogen-bond donors (Lipinski definition) is 1. The molecule has 0 aliphatic heterocycles. The summed E-state index contributed by atoms with van der Waals surface area (Å²) in [5.74, 6) is -4.51. The first-order valence-electron chi connectivity index (χ1n) is 2.34. The lowest BCUT2D eigenvalue weighted by molar-refractivity contribution is -0.319. The molecule has 7 heteroatoms. The summed E-state index contributed by atoms with van der Waals surface area (Å²) in [6.07, 6.45) is -7.42.